The number of guanidine groups is 1. The molecule has 0 spiro atoms. The Bertz CT molecular complexity index is 1300. The summed E-state index contributed by atoms with van der Waals surface area (Å²) < 4.78 is 5.42. The van der Waals surface area contributed by atoms with Crippen molar-refractivity contribution in [2.24, 2.45) is 4.99 Å². The van der Waals surface area contributed by atoms with Gasteiger partial charge in [-0.2, -0.15) is 4.99 Å². The van der Waals surface area contributed by atoms with Crippen LogP contribution in [0.25, 0.3) is 16.8 Å². The van der Waals surface area contributed by atoms with Crippen molar-refractivity contribution in [2.75, 3.05) is 32.8 Å². The number of hydrogen-bond donors (Lipinski definition) is 1. The molecule has 172 valence electrons. The number of aryl methyl sites for hydroxylation is 1. The Hall–Kier alpha value is -3.77. The second kappa shape index (κ2) is 9.61. The van der Waals surface area contributed by atoms with E-state index in [1.807, 2.05) is 53.4 Å². The van der Waals surface area contributed by atoms with E-state index in [-0.39, 0.29) is 11.9 Å². The highest BCUT2D eigenvalue weighted by Gasteiger charge is 2.31. The number of aliphatic imine (C=N–C) groups is 1. The van der Waals surface area contributed by atoms with Crippen molar-refractivity contribution < 1.29 is 9.53 Å². The summed E-state index contributed by atoms with van der Waals surface area (Å²) in [5, 5.41) is 10.7. The molecule has 0 aromatic heterocycles. The molecule has 2 aliphatic heterocycles. The average Bonchev–Trinajstić information content (AvgIpc) is 3.25. The lowest BCUT2D eigenvalue weighted by atomic mass is 10.1. The van der Waals surface area contributed by atoms with E-state index in [1.165, 1.54) is 5.56 Å². The zero-order valence-electron chi connectivity index (χ0n) is 19.3. The van der Waals surface area contributed by atoms with Gasteiger partial charge >= 0.3 is 0 Å². The van der Waals surface area contributed by atoms with E-state index in [0.29, 0.717) is 50.7 Å². The van der Waals surface area contributed by atoms with Gasteiger partial charge in [-0.1, -0.05) is 60.2 Å². The van der Waals surface area contributed by atoms with Gasteiger partial charge in [-0.05, 0) is 53.5 Å². The number of fused-ring (bicyclic) bond motifs is 1. The Kier molecular flexibility index (Phi) is 6.23. The van der Waals surface area contributed by atoms with Crippen LogP contribution in [0.1, 0.15) is 27.9 Å². The Morgan fingerprint density at radius 3 is 2.56 bits per heavy atom. The minimum atomic E-state index is -0.0908. The number of nitrogens with one attached hydrogen (secondary N) is 1. The van der Waals surface area contributed by atoms with E-state index in [0.717, 1.165) is 21.9 Å². The first-order chi connectivity index (χ1) is 16.6. The fraction of sp³-hybridized carbons (Fsp3) is 0.250. The maximum absolute atomic E-state index is 13.6. The van der Waals surface area contributed by atoms with Crippen molar-refractivity contribution in [3.05, 3.63) is 89.0 Å². The van der Waals surface area contributed by atoms with Crippen LogP contribution in [0.2, 0.25) is 0 Å². The van der Waals surface area contributed by atoms with Gasteiger partial charge in [-0.25, -0.2) is 0 Å². The highest BCUT2D eigenvalue weighted by atomic mass is 16.5. The fourth-order valence-corrected chi connectivity index (χ4v) is 4.48. The van der Waals surface area contributed by atoms with Crippen LogP contribution < -0.4 is 0 Å². The van der Waals surface area contributed by atoms with Crippen molar-refractivity contribution in [1.29, 1.82) is 5.41 Å². The molecule has 3 aromatic rings. The SMILES string of the molecule is Cc1cccc(/C=C2\CCN(C(=O)c3ccc4ccccc4c3)\C2=N\C(=N)N2CCOCC2)c1. The average molecular weight is 453 g/mol. The first-order valence-corrected chi connectivity index (χ1v) is 11.7. The molecule has 1 amide bonds. The summed E-state index contributed by atoms with van der Waals surface area (Å²) in [6.45, 7) is 5.03. The second-order valence-corrected chi connectivity index (χ2v) is 8.71. The summed E-state index contributed by atoms with van der Waals surface area (Å²) in [6.07, 6.45) is 2.79. The normalized spacial score (nSPS) is 18.7. The Balaban J connectivity index is 1.51. The van der Waals surface area contributed by atoms with Gasteiger partial charge in [0.05, 0.1) is 13.2 Å². The summed E-state index contributed by atoms with van der Waals surface area (Å²) in [6, 6.07) is 22.1. The molecule has 2 saturated heterocycles. The van der Waals surface area contributed by atoms with Gasteiger partial charge in [0.25, 0.3) is 5.91 Å². The number of morpholine rings is 1. The van der Waals surface area contributed by atoms with Gasteiger partial charge < -0.3 is 9.64 Å². The van der Waals surface area contributed by atoms with Crippen molar-refractivity contribution in [1.82, 2.24) is 9.80 Å². The highest BCUT2D eigenvalue weighted by molar-refractivity contribution is 6.18. The molecule has 6 heteroatoms. The maximum atomic E-state index is 13.6. The molecule has 2 fully saturated rings. The molecular formula is C28H28N4O2. The molecule has 0 radical (unpaired) electrons. The van der Waals surface area contributed by atoms with E-state index in [4.69, 9.17) is 15.1 Å². The van der Waals surface area contributed by atoms with Crippen LogP contribution in [0.4, 0.5) is 0 Å². The smallest absolute Gasteiger partial charge is 0.259 e. The molecule has 1 N–H and O–H groups in total. The summed E-state index contributed by atoms with van der Waals surface area (Å²) in [5.74, 6) is 0.648. The Morgan fingerprint density at radius 2 is 1.76 bits per heavy atom. The second-order valence-electron chi connectivity index (χ2n) is 8.71. The third kappa shape index (κ3) is 4.63. The van der Waals surface area contributed by atoms with Gasteiger partial charge in [0.1, 0.15) is 5.84 Å². The van der Waals surface area contributed by atoms with Crippen LogP contribution in [0, 0.1) is 12.3 Å². The van der Waals surface area contributed by atoms with Crippen LogP contribution in [0.5, 0.6) is 0 Å². The first-order valence-electron chi connectivity index (χ1n) is 11.7. The van der Waals surface area contributed by atoms with Gasteiger partial charge in [0.15, 0.2) is 0 Å². The maximum Gasteiger partial charge on any atom is 0.259 e. The zero-order valence-corrected chi connectivity index (χ0v) is 19.3. The number of nitrogens with zero attached hydrogens (tertiary/aromatic N) is 3. The number of benzene rings is 3. The van der Waals surface area contributed by atoms with Crippen molar-refractivity contribution in [2.45, 2.75) is 13.3 Å². The Morgan fingerprint density at radius 1 is 0.971 bits per heavy atom. The number of carbonyl (C=O) groups is 1. The van der Waals surface area contributed by atoms with Crippen LogP contribution in [-0.4, -0.2) is 60.4 Å². The van der Waals surface area contributed by atoms with E-state index >= 15 is 0 Å². The van der Waals surface area contributed by atoms with Gasteiger partial charge in [-0.15, -0.1) is 0 Å². The molecule has 2 aliphatic rings. The number of ether oxygens (including phenoxy) is 1. The van der Waals surface area contributed by atoms with Gasteiger partial charge in [-0.3, -0.25) is 15.1 Å². The predicted octanol–water partition coefficient (Wildman–Crippen LogP) is 4.74. The molecule has 0 atom stereocenters. The van der Waals surface area contributed by atoms with Crippen molar-refractivity contribution in [3.63, 3.8) is 0 Å². The van der Waals surface area contributed by atoms with E-state index < -0.39 is 0 Å². The van der Waals surface area contributed by atoms with E-state index in [2.05, 4.69) is 31.2 Å². The molecule has 6 nitrogen and oxygen atoms in total. The first kappa shape index (κ1) is 22.0. The summed E-state index contributed by atoms with van der Waals surface area (Å²) in [4.78, 5) is 21.9. The number of amidine groups is 1. The number of carbonyl (C=O) groups excluding carboxylic acids is 1. The summed E-state index contributed by atoms with van der Waals surface area (Å²) >= 11 is 0. The highest BCUT2D eigenvalue weighted by Crippen LogP contribution is 2.26. The molecule has 3 aromatic carbocycles. The summed E-state index contributed by atoms with van der Waals surface area (Å²) in [5.41, 5.74) is 3.84. The summed E-state index contributed by atoms with van der Waals surface area (Å²) in [7, 11) is 0. The molecule has 34 heavy (non-hydrogen) atoms. The number of amides is 1. The quantitative estimate of drug-likeness (QED) is 0.451. The van der Waals surface area contributed by atoms with Gasteiger partial charge in [0.2, 0.25) is 5.96 Å². The third-order valence-electron chi connectivity index (χ3n) is 6.29. The topological polar surface area (TPSA) is 69.0 Å². The number of hydrogen-bond acceptors (Lipinski definition) is 3. The monoisotopic (exact) mass is 452 g/mol. The fourth-order valence-electron chi connectivity index (χ4n) is 4.48. The minimum Gasteiger partial charge on any atom is -0.378 e. The molecular weight excluding hydrogens is 424 g/mol. The number of rotatable bonds is 2. The molecule has 0 saturated carbocycles. The largest absolute Gasteiger partial charge is 0.378 e. The predicted molar refractivity (Wildman–Crippen MR) is 136 cm³/mol. The van der Waals surface area contributed by atoms with Crippen LogP contribution in [-0.2, 0) is 4.74 Å². The van der Waals surface area contributed by atoms with Gasteiger partial charge in [0, 0.05) is 25.2 Å². The zero-order chi connectivity index (χ0) is 23.5. The van der Waals surface area contributed by atoms with Crippen LogP contribution in [0.3, 0.4) is 0 Å². The Labute approximate surface area is 199 Å². The lowest BCUT2D eigenvalue weighted by molar-refractivity contribution is 0.0672. The van der Waals surface area contributed by atoms with E-state index in [1.54, 1.807) is 4.90 Å². The van der Waals surface area contributed by atoms with Crippen LogP contribution in [0.15, 0.2) is 77.3 Å². The molecule has 5 rings (SSSR count). The molecule has 2 heterocycles. The number of likely N-dealkylation sites (tertiary alicyclic amines) is 1. The standard InChI is InChI=1S/C28H28N4O2/c1-20-5-4-6-21(17-20)18-24-11-12-32(26(24)30-28(29)31-13-15-34-16-14-31)27(33)25-10-9-22-7-2-3-8-23(22)19-25/h2-10,17-19,29H,11-16H2,1H3/b24-18+,29-28?,30-26+. The molecule has 0 aliphatic carbocycles. The van der Waals surface area contributed by atoms with Crippen molar-refractivity contribution in [3.8, 4) is 0 Å². The van der Waals surface area contributed by atoms with Crippen molar-refractivity contribution >= 4 is 34.6 Å². The third-order valence-corrected chi connectivity index (χ3v) is 6.29. The molecule has 0 unspecified atom stereocenters. The minimum absolute atomic E-state index is 0.0908. The lowest BCUT2D eigenvalue weighted by Crippen LogP contribution is -2.41. The molecule has 0 bridgehead atoms. The van der Waals surface area contributed by atoms with Crippen LogP contribution >= 0.6 is 0 Å². The van der Waals surface area contributed by atoms with E-state index in [9.17, 15) is 4.79 Å². The lowest BCUT2D eigenvalue weighted by Gasteiger charge is -2.27.